The summed E-state index contributed by atoms with van der Waals surface area (Å²) in [5.41, 5.74) is 3.37. The molecule has 1 aliphatic rings. The smallest absolute Gasteiger partial charge is 0.166 e. The Balaban J connectivity index is 2.33. The van der Waals surface area contributed by atoms with Crippen molar-refractivity contribution >= 4 is 27.6 Å². The van der Waals surface area contributed by atoms with Gasteiger partial charge >= 0.3 is 0 Å². The molecule has 1 aromatic heterocycles. The number of hydrogen-bond donors (Lipinski definition) is 0. The number of fused-ring (bicyclic) bond motifs is 3. The van der Waals surface area contributed by atoms with Crippen molar-refractivity contribution in [1.29, 1.82) is 5.26 Å². The Hall–Kier alpha value is -2.60. The van der Waals surface area contributed by atoms with Crippen LogP contribution in [0.5, 0.6) is 0 Å². The second-order valence-corrected chi connectivity index (χ2v) is 4.87. The molecule has 0 radical (unpaired) electrons. The average molecular weight is 246 g/mol. The molecule has 2 heterocycles. The number of ketones is 1. The van der Waals surface area contributed by atoms with Crippen LogP contribution in [0.15, 0.2) is 36.4 Å². The Morgan fingerprint density at radius 3 is 2.84 bits per heavy atom. The van der Waals surface area contributed by atoms with Crippen LogP contribution in [0.2, 0.25) is 0 Å². The molecule has 3 aromatic rings. The quantitative estimate of drug-likeness (QED) is 0.611. The van der Waals surface area contributed by atoms with Crippen LogP contribution in [0.1, 0.15) is 22.3 Å². The van der Waals surface area contributed by atoms with E-state index in [1.807, 2.05) is 18.2 Å². The van der Waals surface area contributed by atoms with Gasteiger partial charge in [-0.15, -0.1) is 0 Å². The van der Waals surface area contributed by atoms with Crippen molar-refractivity contribution in [3.63, 3.8) is 0 Å². The van der Waals surface area contributed by atoms with Crippen molar-refractivity contribution in [2.75, 3.05) is 0 Å². The molecule has 0 unspecified atom stereocenters. The van der Waals surface area contributed by atoms with Gasteiger partial charge in [0.05, 0.1) is 17.1 Å². The summed E-state index contributed by atoms with van der Waals surface area (Å²) in [6.45, 7) is 0.724. The number of rotatable bonds is 0. The standard InChI is InChI=1S/C16H10N2O/c17-9-10-7-12-11-3-1-2-4-14(11)18-6-5-15(19)13(8-10)16(12)18/h1-4,7-8H,5-6H2. The molecule has 0 fully saturated rings. The first-order chi connectivity index (χ1) is 9.29. The first-order valence-corrected chi connectivity index (χ1v) is 6.28. The maximum absolute atomic E-state index is 12.1. The van der Waals surface area contributed by atoms with Gasteiger partial charge in [-0.1, -0.05) is 18.2 Å². The zero-order valence-corrected chi connectivity index (χ0v) is 10.2. The summed E-state index contributed by atoms with van der Waals surface area (Å²) in [6.07, 6.45) is 0.510. The van der Waals surface area contributed by atoms with Gasteiger partial charge in [0.2, 0.25) is 0 Å². The second kappa shape index (κ2) is 3.46. The fourth-order valence-corrected chi connectivity index (χ4v) is 3.05. The van der Waals surface area contributed by atoms with Crippen molar-refractivity contribution < 1.29 is 4.79 Å². The lowest BCUT2D eigenvalue weighted by Gasteiger charge is -2.15. The Morgan fingerprint density at radius 2 is 2.00 bits per heavy atom. The molecular formula is C16H10N2O. The van der Waals surface area contributed by atoms with Gasteiger partial charge in [-0.3, -0.25) is 4.79 Å². The normalized spacial score (nSPS) is 13.9. The lowest BCUT2D eigenvalue weighted by atomic mass is 9.99. The topological polar surface area (TPSA) is 45.8 Å². The summed E-state index contributed by atoms with van der Waals surface area (Å²) in [4.78, 5) is 12.1. The van der Waals surface area contributed by atoms with Crippen molar-refractivity contribution in [2.45, 2.75) is 13.0 Å². The van der Waals surface area contributed by atoms with Gasteiger partial charge in [-0.05, 0) is 18.2 Å². The fraction of sp³-hybridized carbons (Fsp3) is 0.125. The highest BCUT2D eigenvalue weighted by Gasteiger charge is 2.23. The number of aryl methyl sites for hydroxylation is 1. The molecule has 0 amide bonds. The number of para-hydroxylation sites is 1. The number of Topliss-reactive ketones (excluding diaryl/α,β-unsaturated/α-hetero) is 1. The number of carbonyl (C=O) groups excluding carboxylic acids is 1. The lowest BCUT2D eigenvalue weighted by Crippen LogP contribution is -2.14. The van der Waals surface area contributed by atoms with Crippen LogP contribution >= 0.6 is 0 Å². The predicted molar refractivity (Wildman–Crippen MR) is 73.1 cm³/mol. The van der Waals surface area contributed by atoms with Crippen LogP contribution in [0.4, 0.5) is 0 Å². The third kappa shape index (κ3) is 1.23. The fourth-order valence-electron chi connectivity index (χ4n) is 3.05. The summed E-state index contributed by atoms with van der Waals surface area (Å²) in [5, 5.41) is 11.3. The minimum Gasteiger partial charge on any atom is -0.339 e. The zero-order chi connectivity index (χ0) is 13.0. The van der Waals surface area contributed by atoms with Crippen LogP contribution in [0.25, 0.3) is 21.8 Å². The number of hydrogen-bond acceptors (Lipinski definition) is 2. The first kappa shape index (κ1) is 10.3. The molecule has 3 nitrogen and oxygen atoms in total. The van der Waals surface area contributed by atoms with Gasteiger partial charge in [0, 0.05) is 34.8 Å². The van der Waals surface area contributed by atoms with Gasteiger partial charge in [0.1, 0.15) is 0 Å². The average Bonchev–Trinajstić information content (AvgIpc) is 2.78. The van der Waals surface area contributed by atoms with Crippen molar-refractivity contribution in [1.82, 2.24) is 4.57 Å². The van der Waals surface area contributed by atoms with Crippen LogP contribution in [0, 0.1) is 11.3 Å². The first-order valence-electron chi connectivity index (χ1n) is 6.28. The molecule has 4 rings (SSSR count). The molecule has 90 valence electrons. The van der Waals surface area contributed by atoms with E-state index in [4.69, 9.17) is 5.26 Å². The van der Waals surface area contributed by atoms with E-state index in [-0.39, 0.29) is 5.78 Å². The third-order valence-electron chi connectivity index (χ3n) is 3.86. The lowest BCUT2D eigenvalue weighted by molar-refractivity contribution is 0.0974. The highest BCUT2D eigenvalue weighted by molar-refractivity contribution is 6.17. The van der Waals surface area contributed by atoms with E-state index in [2.05, 4.69) is 22.8 Å². The third-order valence-corrected chi connectivity index (χ3v) is 3.86. The van der Waals surface area contributed by atoms with E-state index >= 15 is 0 Å². The zero-order valence-electron chi connectivity index (χ0n) is 10.2. The maximum Gasteiger partial charge on any atom is 0.166 e. The molecule has 0 atom stereocenters. The van der Waals surface area contributed by atoms with E-state index in [9.17, 15) is 4.79 Å². The monoisotopic (exact) mass is 246 g/mol. The summed E-state index contributed by atoms with van der Waals surface area (Å²) < 4.78 is 2.20. The highest BCUT2D eigenvalue weighted by atomic mass is 16.1. The molecular weight excluding hydrogens is 236 g/mol. The van der Waals surface area contributed by atoms with Gasteiger partial charge in [-0.25, -0.2) is 0 Å². The Kier molecular flexibility index (Phi) is 1.88. The SMILES string of the molecule is N#Cc1cc2c3c(c1)c1ccccc1n3CCC2=O. The molecule has 0 bridgehead atoms. The van der Waals surface area contributed by atoms with Crippen molar-refractivity contribution in [3.8, 4) is 6.07 Å². The Labute approximate surface area is 109 Å². The van der Waals surface area contributed by atoms with Crippen molar-refractivity contribution in [3.05, 3.63) is 47.5 Å². The Morgan fingerprint density at radius 1 is 1.16 bits per heavy atom. The van der Waals surface area contributed by atoms with E-state index in [0.717, 1.165) is 28.4 Å². The highest BCUT2D eigenvalue weighted by Crippen LogP contribution is 2.35. The molecule has 0 saturated heterocycles. The Bertz CT molecular complexity index is 896. The number of nitriles is 1. The molecule has 0 N–H and O–H groups in total. The van der Waals surface area contributed by atoms with Crippen LogP contribution < -0.4 is 0 Å². The maximum atomic E-state index is 12.1. The summed E-state index contributed by atoms with van der Waals surface area (Å²) in [5.74, 6) is 0.136. The molecule has 1 aliphatic heterocycles. The molecule has 19 heavy (non-hydrogen) atoms. The minimum absolute atomic E-state index is 0.136. The molecule has 0 saturated carbocycles. The van der Waals surface area contributed by atoms with Gasteiger partial charge < -0.3 is 4.57 Å². The summed E-state index contributed by atoms with van der Waals surface area (Å²) in [7, 11) is 0. The predicted octanol–water partition coefficient (Wildman–Crippen LogP) is 3.25. The number of benzene rings is 2. The molecule has 0 spiro atoms. The van der Waals surface area contributed by atoms with Crippen molar-refractivity contribution in [2.24, 2.45) is 0 Å². The number of carbonyl (C=O) groups is 1. The summed E-state index contributed by atoms with van der Waals surface area (Å²) >= 11 is 0. The van der Waals surface area contributed by atoms with Crippen LogP contribution in [-0.2, 0) is 6.54 Å². The van der Waals surface area contributed by atoms with E-state index in [1.54, 1.807) is 6.07 Å². The van der Waals surface area contributed by atoms with E-state index < -0.39 is 0 Å². The number of nitrogens with zero attached hydrogens (tertiary/aromatic N) is 2. The van der Waals surface area contributed by atoms with Gasteiger partial charge in [0.25, 0.3) is 0 Å². The van der Waals surface area contributed by atoms with Crippen LogP contribution in [0.3, 0.4) is 0 Å². The minimum atomic E-state index is 0.136. The second-order valence-electron chi connectivity index (χ2n) is 4.87. The largest absolute Gasteiger partial charge is 0.339 e. The van der Waals surface area contributed by atoms with E-state index in [1.165, 1.54) is 0 Å². The number of aromatic nitrogens is 1. The van der Waals surface area contributed by atoms with E-state index in [0.29, 0.717) is 17.5 Å². The van der Waals surface area contributed by atoms with Gasteiger partial charge in [-0.2, -0.15) is 5.26 Å². The summed E-state index contributed by atoms with van der Waals surface area (Å²) in [6, 6.07) is 13.9. The molecule has 3 heteroatoms. The van der Waals surface area contributed by atoms with Crippen LogP contribution in [-0.4, -0.2) is 10.4 Å². The van der Waals surface area contributed by atoms with Gasteiger partial charge in [0.15, 0.2) is 5.78 Å². The molecule has 2 aromatic carbocycles. The molecule has 0 aliphatic carbocycles.